The highest BCUT2D eigenvalue weighted by atomic mass is 19.1. The molecule has 2 aromatic heterocycles. The van der Waals surface area contributed by atoms with Crippen LogP contribution >= 0.6 is 0 Å². The van der Waals surface area contributed by atoms with Crippen molar-refractivity contribution in [1.82, 2.24) is 30.4 Å². The fourth-order valence-electron chi connectivity index (χ4n) is 3.48. The van der Waals surface area contributed by atoms with Gasteiger partial charge < -0.3 is 10.2 Å². The predicted octanol–water partition coefficient (Wildman–Crippen LogP) is 2.03. The van der Waals surface area contributed by atoms with Crippen LogP contribution in [0.3, 0.4) is 0 Å². The van der Waals surface area contributed by atoms with E-state index in [0.717, 1.165) is 6.20 Å². The first-order valence-electron chi connectivity index (χ1n) is 9.18. The number of benzene rings is 1. The van der Waals surface area contributed by atoms with Crippen molar-refractivity contribution < 1.29 is 14.0 Å². The van der Waals surface area contributed by atoms with Gasteiger partial charge in [0.1, 0.15) is 5.82 Å². The number of aromatic amines is 1. The molecule has 0 saturated carbocycles. The van der Waals surface area contributed by atoms with E-state index in [0.29, 0.717) is 23.6 Å². The molecule has 148 valence electrons. The molecule has 2 amide bonds. The Labute approximate surface area is 166 Å². The van der Waals surface area contributed by atoms with E-state index in [1.807, 2.05) is 6.07 Å². The number of hydrogen-bond acceptors (Lipinski definition) is 5. The summed E-state index contributed by atoms with van der Waals surface area (Å²) < 4.78 is 14.1. The first kappa shape index (κ1) is 18.7. The molecule has 1 aliphatic rings. The molecule has 0 radical (unpaired) electrons. The number of pyridine rings is 1. The zero-order valence-electron chi connectivity index (χ0n) is 15.7. The molecule has 0 aliphatic carbocycles. The number of aromatic nitrogens is 4. The van der Waals surface area contributed by atoms with E-state index in [4.69, 9.17) is 0 Å². The fourth-order valence-corrected chi connectivity index (χ4v) is 3.48. The van der Waals surface area contributed by atoms with Crippen LogP contribution in [0.25, 0.3) is 0 Å². The minimum absolute atomic E-state index is 0.0766. The Morgan fingerprint density at radius 1 is 1.24 bits per heavy atom. The van der Waals surface area contributed by atoms with Gasteiger partial charge in [0.05, 0.1) is 17.8 Å². The summed E-state index contributed by atoms with van der Waals surface area (Å²) in [6, 6.07) is 9.37. The lowest BCUT2D eigenvalue weighted by Crippen LogP contribution is -2.39. The molecule has 1 fully saturated rings. The highest BCUT2D eigenvalue weighted by molar-refractivity contribution is 5.96. The maximum atomic E-state index is 14.1. The topological polar surface area (TPSA) is 104 Å². The highest BCUT2D eigenvalue weighted by Gasteiger charge is 2.40. The number of likely N-dealkylation sites (tertiary alicyclic amines) is 1. The van der Waals surface area contributed by atoms with Gasteiger partial charge in [-0.25, -0.2) is 9.37 Å². The van der Waals surface area contributed by atoms with Crippen LogP contribution in [0.1, 0.15) is 44.8 Å². The highest BCUT2D eigenvalue weighted by Crippen LogP contribution is 2.32. The number of rotatable bonds is 4. The minimum atomic E-state index is -0.695. The van der Waals surface area contributed by atoms with Crippen LogP contribution < -0.4 is 5.32 Å². The maximum Gasteiger partial charge on any atom is 0.257 e. The average Bonchev–Trinajstić information content (AvgIpc) is 3.34. The van der Waals surface area contributed by atoms with Crippen LogP contribution in [0.2, 0.25) is 0 Å². The molecule has 1 aromatic carbocycles. The summed E-state index contributed by atoms with van der Waals surface area (Å²) in [5.41, 5.74) is 0.454. The summed E-state index contributed by atoms with van der Waals surface area (Å²) in [7, 11) is 0. The summed E-state index contributed by atoms with van der Waals surface area (Å²) in [5.74, 6) is -0.376. The molecule has 2 atom stereocenters. The molecule has 3 heterocycles. The molecule has 1 aliphatic heterocycles. The molecule has 9 heteroatoms. The molecule has 4 rings (SSSR count). The number of aryl methyl sites for hydroxylation is 1. The second-order valence-electron chi connectivity index (χ2n) is 6.88. The fraction of sp³-hybridized carbons (Fsp3) is 0.250. The number of carbonyl (C=O) groups excluding carboxylic acids is 2. The molecular weight excluding hydrogens is 375 g/mol. The molecular formula is C20H19FN6O2. The molecule has 29 heavy (non-hydrogen) atoms. The smallest absolute Gasteiger partial charge is 0.257 e. The van der Waals surface area contributed by atoms with Crippen molar-refractivity contribution in [2.45, 2.75) is 25.4 Å². The minimum Gasteiger partial charge on any atom is -0.347 e. The van der Waals surface area contributed by atoms with Gasteiger partial charge in [0.2, 0.25) is 0 Å². The number of H-pyrrole nitrogens is 1. The Morgan fingerprint density at radius 2 is 2.03 bits per heavy atom. The monoisotopic (exact) mass is 394 g/mol. The summed E-state index contributed by atoms with van der Waals surface area (Å²) in [6.07, 6.45) is 2.80. The number of carbonyl (C=O) groups is 2. The molecule has 8 nitrogen and oxygen atoms in total. The van der Waals surface area contributed by atoms with Gasteiger partial charge in [-0.15, -0.1) is 0 Å². The second-order valence-corrected chi connectivity index (χ2v) is 6.88. The van der Waals surface area contributed by atoms with E-state index in [1.54, 1.807) is 31.2 Å². The largest absolute Gasteiger partial charge is 0.347 e. The first-order valence-corrected chi connectivity index (χ1v) is 9.18. The summed E-state index contributed by atoms with van der Waals surface area (Å²) in [4.78, 5) is 35.1. The molecule has 2 N–H and O–H groups in total. The van der Waals surface area contributed by atoms with Crippen molar-refractivity contribution in [3.8, 4) is 0 Å². The molecule has 0 spiro atoms. The standard InChI is InChI=1S/C20H19FN6O2/c1-12-23-18(26-25-12)17-9-14(24-19(28)13-5-3-2-4-6-13)11-27(17)20(29)15-7-8-22-10-16(15)21/h2-8,10,14,17H,9,11H2,1H3,(H,24,28)(H,23,25,26)/t14-,17-/m0/s1. The van der Waals surface area contributed by atoms with E-state index in [1.165, 1.54) is 17.2 Å². The SMILES string of the molecule is Cc1nc([C@@H]2C[C@H](NC(=O)c3ccccc3)CN2C(=O)c2ccncc2F)n[nH]1. The van der Waals surface area contributed by atoms with Crippen LogP contribution in [0.5, 0.6) is 0 Å². The Morgan fingerprint density at radius 3 is 2.72 bits per heavy atom. The van der Waals surface area contributed by atoms with Crippen molar-refractivity contribution >= 4 is 11.8 Å². The van der Waals surface area contributed by atoms with E-state index in [-0.39, 0.29) is 24.1 Å². The van der Waals surface area contributed by atoms with Crippen LogP contribution in [-0.2, 0) is 0 Å². The van der Waals surface area contributed by atoms with E-state index < -0.39 is 17.8 Å². The average molecular weight is 394 g/mol. The first-order chi connectivity index (χ1) is 14.0. The number of nitrogens with zero attached hydrogens (tertiary/aromatic N) is 4. The second kappa shape index (κ2) is 7.78. The molecule has 0 unspecified atom stereocenters. The van der Waals surface area contributed by atoms with Gasteiger partial charge in [-0.2, -0.15) is 5.10 Å². The lowest BCUT2D eigenvalue weighted by Gasteiger charge is -2.22. The number of halogens is 1. The van der Waals surface area contributed by atoms with E-state index >= 15 is 0 Å². The summed E-state index contributed by atoms with van der Waals surface area (Å²) in [5, 5.41) is 9.88. The van der Waals surface area contributed by atoms with Gasteiger partial charge in [0, 0.05) is 24.3 Å². The van der Waals surface area contributed by atoms with Crippen LogP contribution in [0.15, 0.2) is 48.8 Å². The number of amides is 2. The summed E-state index contributed by atoms with van der Waals surface area (Å²) >= 11 is 0. The van der Waals surface area contributed by atoms with Gasteiger partial charge in [0.25, 0.3) is 11.8 Å². The Bertz CT molecular complexity index is 1040. The zero-order chi connectivity index (χ0) is 20.4. The number of hydrogen-bond donors (Lipinski definition) is 2. The maximum absolute atomic E-state index is 14.1. The van der Waals surface area contributed by atoms with Gasteiger partial charge in [-0.05, 0) is 31.5 Å². The third kappa shape index (κ3) is 3.84. The Balaban J connectivity index is 1.59. The molecule has 1 saturated heterocycles. The van der Waals surface area contributed by atoms with Crippen molar-refractivity contribution in [3.05, 3.63) is 77.4 Å². The Kier molecular flexibility index (Phi) is 5.03. The van der Waals surface area contributed by atoms with Gasteiger partial charge in [-0.3, -0.25) is 19.7 Å². The molecule has 0 bridgehead atoms. The van der Waals surface area contributed by atoms with Gasteiger partial charge >= 0.3 is 0 Å². The van der Waals surface area contributed by atoms with Crippen LogP contribution in [0, 0.1) is 12.7 Å². The van der Waals surface area contributed by atoms with Crippen molar-refractivity contribution in [1.29, 1.82) is 0 Å². The normalized spacial score (nSPS) is 18.6. The third-order valence-electron chi connectivity index (χ3n) is 4.85. The van der Waals surface area contributed by atoms with Crippen LogP contribution in [0.4, 0.5) is 4.39 Å². The van der Waals surface area contributed by atoms with E-state index in [2.05, 4.69) is 25.5 Å². The summed E-state index contributed by atoms with van der Waals surface area (Å²) in [6.45, 7) is 1.98. The Hall–Kier alpha value is -3.62. The molecule has 3 aromatic rings. The van der Waals surface area contributed by atoms with Crippen molar-refractivity contribution in [2.75, 3.05) is 6.54 Å². The van der Waals surface area contributed by atoms with Crippen molar-refractivity contribution in [2.24, 2.45) is 0 Å². The third-order valence-corrected chi connectivity index (χ3v) is 4.85. The van der Waals surface area contributed by atoms with Crippen LogP contribution in [-0.4, -0.2) is 49.5 Å². The quantitative estimate of drug-likeness (QED) is 0.705. The lowest BCUT2D eigenvalue weighted by molar-refractivity contribution is 0.0719. The van der Waals surface area contributed by atoms with Crippen molar-refractivity contribution in [3.63, 3.8) is 0 Å². The lowest BCUT2D eigenvalue weighted by atomic mass is 10.1. The predicted molar refractivity (Wildman–Crippen MR) is 101 cm³/mol. The zero-order valence-corrected chi connectivity index (χ0v) is 15.7. The number of nitrogens with one attached hydrogen (secondary N) is 2. The van der Waals surface area contributed by atoms with E-state index in [9.17, 15) is 14.0 Å². The van der Waals surface area contributed by atoms with Gasteiger partial charge in [-0.1, -0.05) is 18.2 Å². The van der Waals surface area contributed by atoms with Gasteiger partial charge in [0.15, 0.2) is 11.6 Å².